The van der Waals surface area contributed by atoms with E-state index < -0.39 is 0 Å². The highest BCUT2D eigenvalue weighted by atomic mass is 16.5. The molecule has 1 aromatic carbocycles. The number of ether oxygens (including phenoxy) is 1. The minimum Gasteiger partial charge on any atom is -0.373 e. The molecular weight excluding hydrogens is 280 g/mol. The van der Waals surface area contributed by atoms with Gasteiger partial charge in [-0.2, -0.15) is 0 Å². The van der Waals surface area contributed by atoms with Crippen LogP contribution in [0.1, 0.15) is 69.4 Å². The quantitative estimate of drug-likeness (QED) is 0.398. The summed E-state index contributed by atoms with van der Waals surface area (Å²) in [6, 6.07) is 9.10. The summed E-state index contributed by atoms with van der Waals surface area (Å²) in [7, 11) is 0. The van der Waals surface area contributed by atoms with Gasteiger partial charge < -0.3 is 4.74 Å². The molecule has 0 bridgehead atoms. The summed E-state index contributed by atoms with van der Waals surface area (Å²) in [5.41, 5.74) is 2.79. The summed E-state index contributed by atoms with van der Waals surface area (Å²) in [5, 5.41) is 0. The van der Waals surface area contributed by atoms with E-state index in [1.807, 2.05) is 0 Å². The normalized spacial score (nSPS) is 22.2. The Hall–Kier alpha value is -1.34. The third-order valence-corrected chi connectivity index (χ3v) is 4.75. The first-order valence-corrected chi connectivity index (χ1v) is 9.31. The predicted octanol–water partition coefficient (Wildman–Crippen LogP) is 6.41. The Morgan fingerprint density at radius 3 is 2.26 bits per heavy atom. The highest BCUT2D eigenvalue weighted by molar-refractivity contribution is 5.25. The zero-order valence-corrected chi connectivity index (χ0v) is 14.8. The zero-order chi connectivity index (χ0) is 16.3. The van der Waals surface area contributed by atoms with E-state index in [0.717, 1.165) is 24.7 Å². The van der Waals surface area contributed by atoms with Crippen LogP contribution < -0.4 is 0 Å². The Bertz CT molecular complexity index is 475. The van der Waals surface area contributed by atoms with Gasteiger partial charge in [0.1, 0.15) is 0 Å². The zero-order valence-electron chi connectivity index (χ0n) is 14.8. The van der Waals surface area contributed by atoms with E-state index >= 15 is 0 Å². The maximum absolute atomic E-state index is 5.66. The Morgan fingerprint density at radius 2 is 1.61 bits per heavy atom. The molecule has 1 heteroatoms. The van der Waals surface area contributed by atoms with Gasteiger partial charge in [0.05, 0.1) is 13.2 Å². The van der Waals surface area contributed by atoms with Crippen LogP contribution in [0.3, 0.4) is 0 Å². The topological polar surface area (TPSA) is 9.23 Å². The van der Waals surface area contributed by atoms with Gasteiger partial charge in [0.2, 0.25) is 0 Å². The third kappa shape index (κ3) is 6.35. The Kier molecular flexibility index (Phi) is 8.17. The first-order chi connectivity index (χ1) is 11.3. The summed E-state index contributed by atoms with van der Waals surface area (Å²) in [5.74, 6) is 1.57. The molecule has 0 aromatic heterocycles. The van der Waals surface area contributed by atoms with Crippen molar-refractivity contribution < 1.29 is 4.74 Å². The number of benzene rings is 1. The standard InChI is InChI=1S/C22H32O/c1-3-5-7-17-23-18-20-11-15-22(16-12-20)21-13-9-19(10-14-21)8-6-4-2/h5-8,11-12,15-16,19,21H,3-4,9-10,13-14,17-18H2,1-2H3/b7-5?,8-6+. The van der Waals surface area contributed by atoms with Crippen LogP contribution in [0.2, 0.25) is 0 Å². The van der Waals surface area contributed by atoms with E-state index in [1.54, 1.807) is 0 Å². The van der Waals surface area contributed by atoms with Crippen molar-refractivity contribution in [3.8, 4) is 0 Å². The van der Waals surface area contributed by atoms with E-state index in [0.29, 0.717) is 13.2 Å². The minimum atomic E-state index is 0.711. The predicted molar refractivity (Wildman–Crippen MR) is 99.7 cm³/mol. The van der Waals surface area contributed by atoms with E-state index in [-0.39, 0.29) is 0 Å². The van der Waals surface area contributed by atoms with Crippen molar-refractivity contribution in [3.63, 3.8) is 0 Å². The molecule has 0 atom stereocenters. The van der Waals surface area contributed by atoms with Crippen LogP contribution in [0.25, 0.3) is 0 Å². The van der Waals surface area contributed by atoms with Crippen molar-refractivity contribution in [1.29, 1.82) is 0 Å². The molecule has 0 spiro atoms. The maximum atomic E-state index is 5.66. The minimum absolute atomic E-state index is 0.711. The number of rotatable bonds is 8. The largest absolute Gasteiger partial charge is 0.373 e. The SMILES string of the molecule is CCC=CCOCc1ccc(C2CCC(/C=C/CC)CC2)cc1. The van der Waals surface area contributed by atoms with Crippen molar-refractivity contribution in [2.45, 2.75) is 64.9 Å². The monoisotopic (exact) mass is 312 g/mol. The van der Waals surface area contributed by atoms with Gasteiger partial charge in [0.25, 0.3) is 0 Å². The van der Waals surface area contributed by atoms with Crippen LogP contribution in [0.15, 0.2) is 48.6 Å². The molecule has 1 saturated carbocycles. The van der Waals surface area contributed by atoms with Crippen LogP contribution in [-0.4, -0.2) is 6.61 Å². The molecule has 0 amide bonds. The van der Waals surface area contributed by atoms with E-state index in [4.69, 9.17) is 4.74 Å². The second-order valence-corrected chi connectivity index (χ2v) is 6.58. The summed E-state index contributed by atoms with van der Waals surface area (Å²) in [4.78, 5) is 0. The van der Waals surface area contributed by atoms with Crippen molar-refractivity contribution in [1.82, 2.24) is 0 Å². The molecule has 1 aliphatic rings. The van der Waals surface area contributed by atoms with Crippen LogP contribution in [-0.2, 0) is 11.3 Å². The van der Waals surface area contributed by atoms with Gasteiger partial charge in [0, 0.05) is 0 Å². The molecule has 2 rings (SSSR count). The molecular formula is C22H32O. The maximum Gasteiger partial charge on any atom is 0.0721 e. The van der Waals surface area contributed by atoms with Gasteiger partial charge in [-0.3, -0.25) is 0 Å². The molecule has 1 aromatic rings. The number of hydrogen-bond donors (Lipinski definition) is 0. The molecule has 0 unspecified atom stereocenters. The van der Waals surface area contributed by atoms with Crippen LogP contribution in [0.5, 0.6) is 0 Å². The van der Waals surface area contributed by atoms with Gasteiger partial charge in [0.15, 0.2) is 0 Å². The molecule has 0 radical (unpaired) electrons. The molecule has 1 nitrogen and oxygen atoms in total. The molecule has 0 aliphatic heterocycles. The average molecular weight is 312 g/mol. The van der Waals surface area contributed by atoms with Crippen LogP contribution >= 0.6 is 0 Å². The molecule has 0 heterocycles. The third-order valence-electron chi connectivity index (χ3n) is 4.75. The van der Waals surface area contributed by atoms with E-state index in [9.17, 15) is 0 Å². The van der Waals surface area contributed by atoms with Gasteiger partial charge in [-0.1, -0.05) is 62.4 Å². The summed E-state index contributed by atoms with van der Waals surface area (Å²) >= 11 is 0. The Morgan fingerprint density at radius 1 is 0.913 bits per heavy atom. The fourth-order valence-electron chi connectivity index (χ4n) is 3.34. The molecule has 23 heavy (non-hydrogen) atoms. The highest BCUT2D eigenvalue weighted by Crippen LogP contribution is 2.36. The van der Waals surface area contributed by atoms with Gasteiger partial charge in [-0.15, -0.1) is 0 Å². The lowest BCUT2D eigenvalue weighted by Crippen LogP contribution is -2.11. The second-order valence-electron chi connectivity index (χ2n) is 6.58. The molecule has 1 aliphatic carbocycles. The summed E-state index contributed by atoms with van der Waals surface area (Å²) in [6.45, 7) is 5.78. The van der Waals surface area contributed by atoms with Crippen molar-refractivity contribution in [3.05, 3.63) is 59.7 Å². The number of allylic oxidation sites excluding steroid dienone is 3. The Balaban J connectivity index is 1.77. The average Bonchev–Trinajstić information content (AvgIpc) is 2.61. The van der Waals surface area contributed by atoms with Gasteiger partial charge in [-0.25, -0.2) is 0 Å². The lowest BCUT2D eigenvalue weighted by Gasteiger charge is -2.27. The van der Waals surface area contributed by atoms with E-state index in [2.05, 4.69) is 62.4 Å². The Labute approximate surface area is 142 Å². The van der Waals surface area contributed by atoms with Gasteiger partial charge >= 0.3 is 0 Å². The first kappa shape index (κ1) is 18.0. The first-order valence-electron chi connectivity index (χ1n) is 9.31. The van der Waals surface area contributed by atoms with E-state index in [1.165, 1.54) is 36.8 Å². The second kappa shape index (κ2) is 10.4. The van der Waals surface area contributed by atoms with Crippen LogP contribution in [0, 0.1) is 5.92 Å². The molecule has 1 fully saturated rings. The van der Waals surface area contributed by atoms with Crippen molar-refractivity contribution in [2.75, 3.05) is 6.61 Å². The number of hydrogen-bond acceptors (Lipinski definition) is 1. The summed E-state index contributed by atoms with van der Waals surface area (Å²) in [6.07, 6.45) is 16.6. The fraction of sp³-hybridized carbons (Fsp3) is 0.545. The summed E-state index contributed by atoms with van der Waals surface area (Å²) < 4.78 is 5.66. The smallest absolute Gasteiger partial charge is 0.0721 e. The lowest BCUT2D eigenvalue weighted by atomic mass is 9.78. The van der Waals surface area contributed by atoms with Crippen molar-refractivity contribution >= 4 is 0 Å². The lowest BCUT2D eigenvalue weighted by molar-refractivity contribution is 0.148. The van der Waals surface area contributed by atoms with Crippen molar-refractivity contribution in [2.24, 2.45) is 5.92 Å². The molecule has 0 N–H and O–H groups in total. The highest BCUT2D eigenvalue weighted by Gasteiger charge is 2.20. The fourth-order valence-corrected chi connectivity index (χ4v) is 3.34. The molecule has 126 valence electrons. The molecule has 0 saturated heterocycles. The van der Waals surface area contributed by atoms with Crippen LogP contribution in [0.4, 0.5) is 0 Å². The van der Waals surface area contributed by atoms with Gasteiger partial charge in [-0.05, 0) is 61.5 Å².